The Balaban J connectivity index is 2.44. The first-order valence-corrected chi connectivity index (χ1v) is 8.00. The second-order valence-corrected chi connectivity index (χ2v) is 5.80. The summed E-state index contributed by atoms with van der Waals surface area (Å²) in [5.74, 6) is 0. The minimum Gasteiger partial charge on any atom is -0.313 e. The van der Waals surface area contributed by atoms with Gasteiger partial charge < -0.3 is 5.32 Å². The van der Waals surface area contributed by atoms with Crippen molar-refractivity contribution in [2.45, 2.75) is 47.1 Å². The predicted molar refractivity (Wildman–Crippen MR) is 89.4 cm³/mol. The first kappa shape index (κ1) is 16.1. The summed E-state index contributed by atoms with van der Waals surface area (Å²) in [4.78, 5) is 0. The van der Waals surface area contributed by atoms with E-state index in [1.807, 2.05) is 16.8 Å². The number of benzene rings is 1. The molecule has 1 N–H and O–H groups in total. The number of aryl methyl sites for hydroxylation is 1. The highest BCUT2D eigenvalue weighted by molar-refractivity contribution is 6.30. The summed E-state index contributed by atoms with van der Waals surface area (Å²) in [5.41, 5.74) is 5.92. The lowest BCUT2D eigenvalue weighted by Gasteiger charge is -2.13. The average molecular weight is 306 g/mol. The van der Waals surface area contributed by atoms with Gasteiger partial charge in [0.2, 0.25) is 0 Å². The van der Waals surface area contributed by atoms with Crippen LogP contribution in [0.5, 0.6) is 0 Å². The van der Waals surface area contributed by atoms with E-state index in [2.05, 4.69) is 39.1 Å². The van der Waals surface area contributed by atoms with E-state index in [1.165, 1.54) is 16.8 Å². The molecule has 0 spiro atoms. The number of hydrogen-bond acceptors (Lipinski definition) is 2. The molecule has 0 bridgehead atoms. The quantitative estimate of drug-likeness (QED) is 0.810. The van der Waals surface area contributed by atoms with Crippen LogP contribution in [0.1, 0.15) is 42.8 Å². The van der Waals surface area contributed by atoms with Gasteiger partial charge in [0.1, 0.15) is 0 Å². The molecule has 0 radical (unpaired) electrons. The fourth-order valence-corrected chi connectivity index (χ4v) is 2.87. The van der Waals surface area contributed by atoms with E-state index in [0.29, 0.717) is 0 Å². The van der Waals surface area contributed by atoms with E-state index in [1.54, 1.807) is 0 Å². The van der Waals surface area contributed by atoms with Crippen molar-refractivity contribution < 1.29 is 0 Å². The zero-order chi connectivity index (χ0) is 15.4. The normalized spacial score (nSPS) is 11.1. The van der Waals surface area contributed by atoms with Gasteiger partial charge in [-0.05, 0) is 56.5 Å². The van der Waals surface area contributed by atoms with Gasteiger partial charge in [0.05, 0.1) is 11.4 Å². The van der Waals surface area contributed by atoms with E-state index >= 15 is 0 Å². The summed E-state index contributed by atoms with van der Waals surface area (Å²) >= 11 is 6.20. The molecule has 2 rings (SSSR count). The van der Waals surface area contributed by atoms with Crippen LogP contribution < -0.4 is 5.32 Å². The summed E-state index contributed by atoms with van der Waals surface area (Å²) in [5, 5.41) is 8.91. The lowest BCUT2D eigenvalue weighted by Crippen LogP contribution is -2.16. The molecule has 1 aromatic carbocycles. The third-order valence-electron chi connectivity index (χ3n) is 3.81. The first-order valence-electron chi connectivity index (χ1n) is 7.63. The fourth-order valence-electron chi connectivity index (χ4n) is 2.70. The zero-order valence-corrected chi connectivity index (χ0v) is 14.1. The maximum Gasteiger partial charge on any atom is 0.0708 e. The minimum absolute atomic E-state index is 0.745. The highest BCUT2D eigenvalue weighted by atomic mass is 35.5. The summed E-state index contributed by atoms with van der Waals surface area (Å²) in [6.45, 7) is 10.4. The Bertz CT molecular complexity index is 617. The Hall–Kier alpha value is -1.32. The van der Waals surface area contributed by atoms with Crippen LogP contribution in [0.3, 0.4) is 0 Å². The average Bonchev–Trinajstić information content (AvgIpc) is 2.75. The van der Waals surface area contributed by atoms with Gasteiger partial charge in [-0.25, -0.2) is 4.68 Å². The van der Waals surface area contributed by atoms with Gasteiger partial charge in [-0.15, -0.1) is 0 Å². The van der Waals surface area contributed by atoms with Gasteiger partial charge in [-0.3, -0.25) is 0 Å². The molecule has 0 fully saturated rings. The van der Waals surface area contributed by atoms with Crippen molar-refractivity contribution in [3.63, 3.8) is 0 Å². The van der Waals surface area contributed by atoms with Crippen LogP contribution >= 0.6 is 11.6 Å². The monoisotopic (exact) mass is 305 g/mol. The second kappa shape index (κ2) is 7.10. The van der Waals surface area contributed by atoms with Gasteiger partial charge in [-0.1, -0.05) is 31.5 Å². The number of hydrogen-bond donors (Lipinski definition) is 1. The van der Waals surface area contributed by atoms with E-state index in [9.17, 15) is 0 Å². The fraction of sp³-hybridized carbons (Fsp3) is 0.471. The molecule has 2 aromatic rings. The van der Waals surface area contributed by atoms with Crippen LogP contribution in [-0.2, 0) is 13.0 Å². The van der Waals surface area contributed by atoms with Crippen molar-refractivity contribution in [3.8, 4) is 5.69 Å². The molecule has 0 saturated heterocycles. The predicted octanol–water partition coefficient (Wildman–Crippen LogP) is 4.20. The summed E-state index contributed by atoms with van der Waals surface area (Å²) in [7, 11) is 0. The molecule has 21 heavy (non-hydrogen) atoms. The molecule has 0 aliphatic carbocycles. The topological polar surface area (TPSA) is 29.9 Å². The smallest absolute Gasteiger partial charge is 0.0708 e. The molecule has 0 amide bonds. The van der Waals surface area contributed by atoms with Crippen LogP contribution in [0, 0.1) is 13.8 Å². The van der Waals surface area contributed by atoms with Gasteiger partial charge in [0.25, 0.3) is 0 Å². The molecule has 114 valence electrons. The standard InChI is InChI=1S/C17H24ClN3/c1-5-9-19-11-14-7-8-15(18)10-17(14)21-13(4)16(6-2)12(3)20-21/h7-8,10,19H,5-6,9,11H2,1-4H3. The maximum atomic E-state index is 6.20. The number of halogens is 1. The van der Waals surface area contributed by atoms with E-state index in [-0.39, 0.29) is 0 Å². The molecule has 0 aliphatic heterocycles. The van der Waals surface area contributed by atoms with Crippen molar-refractivity contribution in [1.29, 1.82) is 0 Å². The minimum atomic E-state index is 0.745. The molecule has 0 saturated carbocycles. The first-order chi connectivity index (χ1) is 10.1. The van der Waals surface area contributed by atoms with E-state index in [4.69, 9.17) is 16.7 Å². The molecule has 1 heterocycles. The number of nitrogens with zero attached hydrogens (tertiary/aromatic N) is 2. The van der Waals surface area contributed by atoms with Crippen molar-refractivity contribution in [2.24, 2.45) is 0 Å². The molecular formula is C17H24ClN3. The Kier molecular flexibility index (Phi) is 5.43. The van der Waals surface area contributed by atoms with Gasteiger partial charge >= 0.3 is 0 Å². The van der Waals surface area contributed by atoms with Crippen LogP contribution in [-0.4, -0.2) is 16.3 Å². The third kappa shape index (κ3) is 3.47. The zero-order valence-electron chi connectivity index (χ0n) is 13.3. The maximum absolute atomic E-state index is 6.20. The van der Waals surface area contributed by atoms with E-state index < -0.39 is 0 Å². The molecule has 3 nitrogen and oxygen atoms in total. The molecule has 4 heteroatoms. The lowest BCUT2D eigenvalue weighted by molar-refractivity contribution is 0.669. The molecule has 0 atom stereocenters. The molecule has 1 aromatic heterocycles. The van der Waals surface area contributed by atoms with Crippen LogP contribution in [0.15, 0.2) is 18.2 Å². The summed E-state index contributed by atoms with van der Waals surface area (Å²) in [6.07, 6.45) is 2.13. The van der Waals surface area contributed by atoms with Gasteiger partial charge in [0.15, 0.2) is 0 Å². The number of nitrogens with one attached hydrogen (secondary N) is 1. The van der Waals surface area contributed by atoms with Crippen molar-refractivity contribution in [1.82, 2.24) is 15.1 Å². The highest BCUT2D eigenvalue weighted by Gasteiger charge is 2.14. The Morgan fingerprint density at radius 2 is 2.00 bits per heavy atom. The third-order valence-corrected chi connectivity index (χ3v) is 4.05. The van der Waals surface area contributed by atoms with Crippen molar-refractivity contribution in [2.75, 3.05) is 6.54 Å². The Labute approximate surface area is 132 Å². The molecular weight excluding hydrogens is 282 g/mol. The largest absolute Gasteiger partial charge is 0.313 e. The van der Waals surface area contributed by atoms with Gasteiger partial charge in [-0.2, -0.15) is 5.10 Å². The SMILES string of the molecule is CCCNCc1ccc(Cl)cc1-n1nc(C)c(CC)c1C. The summed E-state index contributed by atoms with van der Waals surface area (Å²) < 4.78 is 2.03. The van der Waals surface area contributed by atoms with Crippen molar-refractivity contribution in [3.05, 3.63) is 45.7 Å². The van der Waals surface area contributed by atoms with Crippen LogP contribution in [0.2, 0.25) is 5.02 Å². The van der Waals surface area contributed by atoms with E-state index in [0.717, 1.165) is 42.3 Å². The molecule has 0 unspecified atom stereocenters. The molecule has 0 aliphatic rings. The second-order valence-electron chi connectivity index (χ2n) is 5.36. The highest BCUT2D eigenvalue weighted by Crippen LogP contribution is 2.24. The number of rotatable bonds is 6. The van der Waals surface area contributed by atoms with Crippen LogP contribution in [0.25, 0.3) is 5.69 Å². The van der Waals surface area contributed by atoms with Gasteiger partial charge in [0, 0.05) is 17.3 Å². The van der Waals surface area contributed by atoms with Crippen molar-refractivity contribution >= 4 is 11.6 Å². The Morgan fingerprint density at radius 3 is 2.62 bits per heavy atom. The number of aromatic nitrogens is 2. The summed E-state index contributed by atoms with van der Waals surface area (Å²) in [6, 6.07) is 6.03. The van der Waals surface area contributed by atoms with Crippen LogP contribution in [0.4, 0.5) is 0 Å². The lowest BCUT2D eigenvalue weighted by atomic mass is 10.1. The Morgan fingerprint density at radius 1 is 1.24 bits per heavy atom.